The van der Waals surface area contributed by atoms with Gasteiger partial charge in [-0.25, -0.2) is 0 Å². The van der Waals surface area contributed by atoms with Crippen LogP contribution in [-0.4, -0.2) is 9.79 Å². The molecule has 1 rings (SSSR count). The lowest BCUT2D eigenvalue weighted by atomic mass is 9.92. The van der Waals surface area contributed by atoms with Gasteiger partial charge in [-0.1, -0.05) is 75.8 Å². The summed E-state index contributed by atoms with van der Waals surface area (Å²) in [6.07, 6.45) is 4.89. The summed E-state index contributed by atoms with van der Waals surface area (Å²) < 4.78 is 12.2. The molecule has 21 heavy (non-hydrogen) atoms. The summed E-state index contributed by atoms with van der Waals surface area (Å²) in [5.74, 6) is 5.80. The lowest BCUT2D eigenvalue weighted by Crippen LogP contribution is -2.24. The number of hydrogen-bond donors (Lipinski definition) is 2. The molecule has 0 fully saturated rings. The van der Waals surface area contributed by atoms with Gasteiger partial charge in [-0.3, -0.25) is 4.57 Å². The molecule has 116 valence electrons. The van der Waals surface area contributed by atoms with Gasteiger partial charge in [-0.2, -0.15) is 0 Å². The van der Waals surface area contributed by atoms with E-state index < -0.39 is 12.8 Å². The molecule has 0 radical (unpaired) electrons. The number of rotatable bonds is 7. The Morgan fingerprint density at radius 2 is 1.76 bits per heavy atom. The fraction of sp³-hybridized carbons (Fsp3) is 0.529. The lowest BCUT2D eigenvalue weighted by molar-refractivity contribution is 0.336. The molecule has 1 unspecified atom stereocenters. The summed E-state index contributed by atoms with van der Waals surface area (Å²) >= 11 is 0. The molecule has 0 spiro atoms. The van der Waals surface area contributed by atoms with Gasteiger partial charge in [0.2, 0.25) is 0 Å². The van der Waals surface area contributed by atoms with Crippen molar-refractivity contribution in [1.82, 2.24) is 0 Å². The Morgan fingerprint density at radius 1 is 1.10 bits per heavy atom. The Kier molecular flexibility index (Phi) is 7.18. The molecule has 0 saturated heterocycles. The SMILES string of the molecule is CCC#CC(CCCCCC)(c1ccccc1)P(=O)(O)O. The largest absolute Gasteiger partial charge is 0.347 e. The van der Waals surface area contributed by atoms with Crippen LogP contribution in [0, 0.1) is 11.8 Å². The quantitative estimate of drug-likeness (QED) is 0.444. The molecule has 1 aromatic rings. The van der Waals surface area contributed by atoms with Gasteiger partial charge >= 0.3 is 7.60 Å². The van der Waals surface area contributed by atoms with E-state index in [0.29, 0.717) is 18.4 Å². The summed E-state index contributed by atoms with van der Waals surface area (Å²) in [7, 11) is -4.38. The average Bonchev–Trinajstić information content (AvgIpc) is 2.46. The fourth-order valence-corrected chi connectivity index (χ4v) is 3.58. The third-order valence-electron chi connectivity index (χ3n) is 3.61. The van der Waals surface area contributed by atoms with E-state index >= 15 is 0 Å². The first-order valence-electron chi connectivity index (χ1n) is 7.59. The van der Waals surface area contributed by atoms with Gasteiger partial charge in [0.05, 0.1) is 0 Å². The van der Waals surface area contributed by atoms with E-state index in [1.54, 1.807) is 24.3 Å². The second kappa shape index (κ2) is 8.39. The molecule has 0 heterocycles. The monoisotopic (exact) mass is 308 g/mol. The van der Waals surface area contributed by atoms with E-state index in [-0.39, 0.29) is 0 Å². The summed E-state index contributed by atoms with van der Waals surface area (Å²) in [4.78, 5) is 19.9. The Labute approximate surface area is 127 Å². The molecule has 1 atom stereocenters. The van der Waals surface area contributed by atoms with E-state index in [1.165, 1.54) is 0 Å². The minimum atomic E-state index is -4.38. The molecular formula is C17H25O3P. The van der Waals surface area contributed by atoms with Crippen LogP contribution < -0.4 is 0 Å². The highest BCUT2D eigenvalue weighted by Gasteiger charge is 2.46. The molecule has 0 aliphatic carbocycles. The highest BCUT2D eigenvalue weighted by Crippen LogP contribution is 2.59. The second-order valence-electron chi connectivity index (χ2n) is 5.24. The summed E-state index contributed by atoms with van der Waals surface area (Å²) in [6.45, 7) is 4.00. The van der Waals surface area contributed by atoms with Gasteiger partial charge in [-0.15, -0.1) is 5.92 Å². The molecule has 0 saturated carbocycles. The van der Waals surface area contributed by atoms with E-state index in [0.717, 1.165) is 25.7 Å². The smallest absolute Gasteiger partial charge is 0.323 e. The molecule has 0 amide bonds. The topological polar surface area (TPSA) is 57.5 Å². The highest BCUT2D eigenvalue weighted by molar-refractivity contribution is 7.53. The predicted molar refractivity (Wildman–Crippen MR) is 87.0 cm³/mol. The highest BCUT2D eigenvalue weighted by atomic mass is 31.2. The van der Waals surface area contributed by atoms with E-state index in [1.807, 2.05) is 13.0 Å². The van der Waals surface area contributed by atoms with Gasteiger partial charge in [0.1, 0.15) is 0 Å². The van der Waals surface area contributed by atoms with Crippen LogP contribution in [0.15, 0.2) is 30.3 Å². The number of benzene rings is 1. The molecule has 2 N–H and O–H groups in total. The van der Waals surface area contributed by atoms with Gasteiger partial charge in [0, 0.05) is 6.42 Å². The normalized spacial score (nSPS) is 14.1. The fourth-order valence-electron chi connectivity index (χ4n) is 2.42. The second-order valence-corrected chi connectivity index (χ2v) is 7.09. The molecule has 0 aliphatic heterocycles. The standard InChI is InChI=1S/C17H25O3P/c1-3-5-7-11-15-17(14-6-4-2,21(18,19)20)16-12-9-8-10-13-16/h8-10,12-13H,3-5,7,11,15H2,1-2H3,(H2,18,19,20). The van der Waals surface area contributed by atoms with Gasteiger partial charge in [0.25, 0.3) is 0 Å². The zero-order chi connectivity index (χ0) is 15.8. The first-order chi connectivity index (χ1) is 9.98. The van der Waals surface area contributed by atoms with Crippen molar-refractivity contribution in [3.05, 3.63) is 35.9 Å². The van der Waals surface area contributed by atoms with Crippen molar-refractivity contribution >= 4 is 7.60 Å². The van der Waals surface area contributed by atoms with E-state index in [2.05, 4.69) is 18.8 Å². The van der Waals surface area contributed by atoms with Crippen LogP contribution in [-0.2, 0) is 9.72 Å². The van der Waals surface area contributed by atoms with Gasteiger partial charge < -0.3 is 9.79 Å². The van der Waals surface area contributed by atoms with Crippen LogP contribution in [0.5, 0.6) is 0 Å². The van der Waals surface area contributed by atoms with Crippen LogP contribution in [0.25, 0.3) is 0 Å². The van der Waals surface area contributed by atoms with Crippen LogP contribution in [0.2, 0.25) is 0 Å². The van der Waals surface area contributed by atoms with Crippen molar-refractivity contribution in [1.29, 1.82) is 0 Å². The van der Waals surface area contributed by atoms with Crippen LogP contribution in [0.3, 0.4) is 0 Å². The van der Waals surface area contributed by atoms with Crippen molar-refractivity contribution in [3.63, 3.8) is 0 Å². The zero-order valence-corrected chi connectivity index (χ0v) is 13.8. The number of unbranched alkanes of at least 4 members (excludes halogenated alkanes) is 3. The van der Waals surface area contributed by atoms with Crippen molar-refractivity contribution in [2.75, 3.05) is 0 Å². The lowest BCUT2D eigenvalue weighted by Gasteiger charge is -2.30. The molecule has 4 heteroatoms. The third kappa shape index (κ3) is 4.71. The summed E-state index contributed by atoms with van der Waals surface area (Å²) in [6, 6.07) is 8.99. The van der Waals surface area contributed by atoms with Crippen molar-refractivity contribution < 1.29 is 14.4 Å². The summed E-state index contributed by atoms with van der Waals surface area (Å²) in [5, 5.41) is -1.36. The first-order valence-corrected chi connectivity index (χ1v) is 9.20. The summed E-state index contributed by atoms with van der Waals surface area (Å²) in [5.41, 5.74) is 0.621. The van der Waals surface area contributed by atoms with E-state index in [4.69, 9.17) is 0 Å². The minimum absolute atomic E-state index is 0.397. The average molecular weight is 308 g/mol. The van der Waals surface area contributed by atoms with Crippen molar-refractivity contribution in [2.24, 2.45) is 0 Å². The Morgan fingerprint density at radius 3 is 2.29 bits per heavy atom. The Hall–Kier alpha value is -1.07. The van der Waals surface area contributed by atoms with Crippen LogP contribution >= 0.6 is 7.60 Å². The third-order valence-corrected chi connectivity index (χ3v) is 5.20. The van der Waals surface area contributed by atoms with Crippen LogP contribution in [0.4, 0.5) is 0 Å². The predicted octanol–water partition coefficient (Wildman–Crippen LogP) is 4.44. The van der Waals surface area contributed by atoms with Crippen molar-refractivity contribution in [2.45, 2.75) is 57.5 Å². The minimum Gasteiger partial charge on any atom is -0.323 e. The molecule has 0 bridgehead atoms. The Balaban J connectivity index is 3.20. The maximum atomic E-state index is 12.2. The maximum Gasteiger partial charge on any atom is 0.347 e. The first kappa shape index (κ1) is 18.0. The molecular weight excluding hydrogens is 283 g/mol. The molecule has 1 aromatic carbocycles. The van der Waals surface area contributed by atoms with E-state index in [9.17, 15) is 14.4 Å². The Bertz CT molecular complexity index is 524. The molecule has 3 nitrogen and oxygen atoms in total. The maximum absolute atomic E-state index is 12.2. The van der Waals surface area contributed by atoms with Crippen molar-refractivity contribution in [3.8, 4) is 11.8 Å². The zero-order valence-electron chi connectivity index (χ0n) is 12.9. The molecule has 0 aliphatic rings. The van der Waals surface area contributed by atoms with Gasteiger partial charge in [-0.05, 0) is 12.0 Å². The molecule has 0 aromatic heterocycles. The van der Waals surface area contributed by atoms with Gasteiger partial charge in [0.15, 0.2) is 5.16 Å². The number of hydrogen-bond acceptors (Lipinski definition) is 1. The van der Waals surface area contributed by atoms with Crippen LogP contribution in [0.1, 0.15) is 57.9 Å².